The monoisotopic (exact) mass is 326 g/mol. The van der Waals surface area contributed by atoms with Crippen LogP contribution in [0.5, 0.6) is 5.75 Å². The number of nitrogens with zero attached hydrogens (tertiary/aromatic N) is 1. The van der Waals surface area contributed by atoms with Crippen LogP contribution >= 0.6 is 0 Å². The number of rotatable bonds is 7. The molecule has 0 radical (unpaired) electrons. The highest BCUT2D eigenvalue weighted by atomic mass is 16.5. The fourth-order valence-electron chi connectivity index (χ4n) is 2.05. The first-order valence-corrected chi connectivity index (χ1v) is 7.38. The first kappa shape index (κ1) is 17.2. The summed E-state index contributed by atoms with van der Waals surface area (Å²) < 4.78 is 5.04. The Hall–Kier alpha value is -3.15. The summed E-state index contributed by atoms with van der Waals surface area (Å²) in [6, 6.07) is 15.8. The fourth-order valence-corrected chi connectivity index (χ4v) is 2.05. The third-order valence-electron chi connectivity index (χ3n) is 3.33. The largest absolute Gasteiger partial charge is 0.497 e. The summed E-state index contributed by atoms with van der Waals surface area (Å²) in [6.07, 6.45) is 0.161. The van der Waals surface area contributed by atoms with Crippen molar-refractivity contribution in [3.63, 3.8) is 0 Å². The van der Waals surface area contributed by atoms with Crippen molar-refractivity contribution in [2.75, 3.05) is 7.11 Å². The highest BCUT2D eigenvalue weighted by Gasteiger charge is 2.09. The van der Waals surface area contributed by atoms with Crippen molar-refractivity contribution in [3.05, 3.63) is 65.7 Å². The van der Waals surface area contributed by atoms with Gasteiger partial charge in [0, 0.05) is 12.0 Å². The van der Waals surface area contributed by atoms with Crippen molar-refractivity contribution in [2.24, 2.45) is 5.10 Å². The molecule has 2 aromatic carbocycles. The number of carbonyl (C=O) groups excluding carboxylic acids is 1. The van der Waals surface area contributed by atoms with Crippen LogP contribution in [0, 0.1) is 0 Å². The Labute approximate surface area is 139 Å². The lowest BCUT2D eigenvalue weighted by atomic mass is 10.1. The van der Waals surface area contributed by atoms with Crippen molar-refractivity contribution < 1.29 is 19.4 Å². The molecule has 0 bridgehead atoms. The molecule has 1 amide bonds. The van der Waals surface area contributed by atoms with Crippen LogP contribution in [0.3, 0.4) is 0 Å². The summed E-state index contributed by atoms with van der Waals surface area (Å²) in [4.78, 5) is 22.9. The molecule has 0 saturated carbocycles. The molecule has 0 fully saturated rings. The van der Waals surface area contributed by atoms with Gasteiger partial charge in [0.2, 0.25) is 0 Å². The zero-order valence-corrected chi connectivity index (χ0v) is 13.2. The van der Waals surface area contributed by atoms with Crippen LogP contribution in [-0.2, 0) is 4.79 Å². The lowest BCUT2D eigenvalue weighted by Crippen LogP contribution is -2.20. The Bertz CT molecular complexity index is 724. The maximum Gasteiger partial charge on any atom is 0.303 e. The summed E-state index contributed by atoms with van der Waals surface area (Å²) in [7, 11) is 1.55. The molecule has 0 aliphatic rings. The highest BCUT2D eigenvalue weighted by molar-refractivity contribution is 6.03. The Morgan fingerprint density at radius 2 is 1.67 bits per heavy atom. The van der Waals surface area contributed by atoms with E-state index in [1.807, 2.05) is 30.3 Å². The van der Waals surface area contributed by atoms with Gasteiger partial charge in [-0.25, -0.2) is 5.43 Å². The Kier molecular flexibility index (Phi) is 6.08. The number of hydrogen-bond acceptors (Lipinski definition) is 4. The molecular formula is C18H18N2O4. The zero-order chi connectivity index (χ0) is 17.4. The van der Waals surface area contributed by atoms with Gasteiger partial charge < -0.3 is 9.84 Å². The van der Waals surface area contributed by atoms with Crippen LogP contribution in [-0.4, -0.2) is 29.8 Å². The van der Waals surface area contributed by atoms with Crippen LogP contribution in [0.1, 0.15) is 28.8 Å². The van der Waals surface area contributed by atoms with Crippen LogP contribution < -0.4 is 10.2 Å². The number of hydrazone groups is 1. The predicted molar refractivity (Wildman–Crippen MR) is 90.3 cm³/mol. The van der Waals surface area contributed by atoms with Crippen LogP contribution in [0.2, 0.25) is 0 Å². The molecule has 2 aromatic rings. The maximum absolute atomic E-state index is 12.1. The number of carbonyl (C=O) groups is 2. The average Bonchev–Trinajstić information content (AvgIpc) is 2.62. The quantitative estimate of drug-likeness (QED) is 0.605. The standard InChI is InChI=1S/C18H18N2O4/c1-24-15-9-7-14(8-10-15)18(23)20-19-16(11-12-17(21)22)13-5-3-2-4-6-13/h2-10H,11-12H2,1H3,(H,20,23)(H,21,22)/b19-16+. The number of aliphatic carboxylic acids is 1. The topological polar surface area (TPSA) is 88.0 Å². The zero-order valence-electron chi connectivity index (χ0n) is 13.2. The van der Waals surface area contributed by atoms with E-state index in [1.54, 1.807) is 31.4 Å². The number of nitrogens with one attached hydrogen (secondary N) is 1. The summed E-state index contributed by atoms with van der Waals surface area (Å²) >= 11 is 0. The number of ether oxygens (including phenoxy) is 1. The van der Waals surface area contributed by atoms with Gasteiger partial charge in [0.1, 0.15) is 5.75 Å². The van der Waals surface area contributed by atoms with Crippen LogP contribution in [0.15, 0.2) is 59.7 Å². The second-order valence-corrected chi connectivity index (χ2v) is 4.99. The molecule has 0 atom stereocenters. The molecule has 2 N–H and O–H groups in total. The normalized spacial score (nSPS) is 11.0. The van der Waals surface area contributed by atoms with E-state index in [0.717, 1.165) is 5.56 Å². The number of hydrogen-bond donors (Lipinski definition) is 2. The van der Waals surface area contributed by atoms with E-state index in [9.17, 15) is 9.59 Å². The van der Waals surface area contributed by atoms with Gasteiger partial charge in [0.05, 0.1) is 19.2 Å². The molecule has 0 aromatic heterocycles. The van der Waals surface area contributed by atoms with E-state index in [0.29, 0.717) is 17.0 Å². The SMILES string of the molecule is COc1ccc(C(=O)N/N=C(\CCC(=O)O)c2ccccc2)cc1. The Morgan fingerprint density at radius 3 is 2.25 bits per heavy atom. The summed E-state index contributed by atoms with van der Waals surface area (Å²) in [5.41, 5.74) is 4.20. The van der Waals surface area contributed by atoms with Crippen molar-refractivity contribution in [1.82, 2.24) is 5.43 Å². The first-order valence-electron chi connectivity index (χ1n) is 7.38. The van der Waals surface area contributed by atoms with Gasteiger partial charge in [-0.3, -0.25) is 9.59 Å². The summed E-state index contributed by atoms with van der Waals surface area (Å²) in [5.74, 6) is -0.636. The van der Waals surface area contributed by atoms with E-state index in [2.05, 4.69) is 10.5 Å². The molecule has 0 unspecified atom stereocenters. The number of benzene rings is 2. The molecule has 6 nitrogen and oxygen atoms in total. The summed E-state index contributed by atoms with van der Waals surface area (Å²) in [6.45, 7) is 0. The molecule has 0 spiro atoms. The minimum Gasteiger partial charge on any atom is -0.497 e. The van der Waals surface area contributed by atoms with Crippen LogP contribution in [0.25, 0.3) is 0 Å². The Morgan fingerprint density at radius 1 is 1.00 bits per heavy atom. The van der Waals surface area contributed by atoms with Crippen molar-refractivity contribution in [3.8, 4) is 5.75 Å². The molecular weight excluding hydrogens is 308 g/mol. The van der Waals surface area contributed by atoms with E-state index in [4.69, 9.17) is 9.84 Å². The number of carboxylic acids is 1. The minimum atomic E-state index is -0.917. The van der Waals surface area contributed by atoms with E-state index in [-0.39, 0.29) is 18.7 Å². The maximum atomic E-state index is 12.1. The molecule has 0 saturated heterocycles. The van der Waals surface area contributed by atoms with E-state index < -0.39 is 5.97 Å². The lowest BCUT2D eigenvalue weighted by Gasteiger charge is -2.07. The van der Waals surface area contributed by atoms with Crippen molar-refractivity contribution in [2.45, 2.75) is 12.8 Å². The molecule has 0 heterocycles. The van der Waals surface area contributed by atoms with Crippen LogP contribution in [0.4, 0.5) is 0 Å². The van der Waals surface area contributed by atoms with Crippen molar-refractivity contribution >= 4 is 17.6 Å². The fraction of sp³-hybridized carbons (Fsp3) is 0.167. The lowest BCUT2D eigenvalue weighted by molar-refractivity contribution is -0.136. The molecule has 6 heteroatoms. The van der Waals surface area contributed by atoms with Gasteiger partial charge in [-0.15, -0.1) is 0 Å². The number of carboxylic acid groups (broad SMARTS) is 1. The highest BCUT2D eigenvalue weighted by Crippen LogP contribution is 2.11. The second kappa shape index (κ2) is 8.47. The average molecular weight is 326 g/mol. The molecule has 24 heavy (non-hydrogen) atoms. The number of amides is 1. The van der Waals surface area contributed by atoms with Gasteiger partial charge in [-0.1, -0.05) is 30.3 Å². The molecule has 0 aliphatic heterocycles. The summed E-state index contributed by atoms with van der Waals surface area (Å²) in [5, 5.41) is 13.0. The number of methoxy groups -OCH3 is 1. The van der Waals surface area contributed by atoms with E-state index in [1.165, 1.54) is 0 Å². The third-order valence-corrected chi connectivity index (χ3v) is 3.33. The van der Waals surface area contributed by atoms with E-state index >= 15 is 0 Å². The van der Waals surface area contributed by atoms with Gasteiger partial charge in [0.25, 0.3) is 5.91 Å². The van der Waals surface area contributed by atoms with Gasteiger partial charge in [-0.05, 0) is 29.8 Å². The van der Waals surface area contributed by atoms with Gasteiger partial charge in [-0.2, -0.15) is 5.10 Å². The predicted octanol–water partition coefficient (Wildman–Crippen LogP) is 2.69. The minimum absolute atomic E-state index is 0.0634. The molecule has 0 aliphatic carbocycles. The van der Waals surface area contributed by atoms with Crippen molar-refractivity contribution in [1.29, 1.82) is 0 Å². The van der Waals surface area contributed by atoms with Gasteiger partial charge in [0.15, 0.2) is 0 Å². The molecule has 124 valence electrons. The third kappa shape index (κ3) is 4.95. The van der Waals surface area contributed by atoms with Gasteiger partial charge >= 0.3 is 5.97 Å². The molecule has 2 rings (SSSR count). The Balaban J connectivity index is 2.13. The smallest absolute Gasteiger partial charge is 0.303 e. The first-order chi connectivity index (χ1) is 11.6. The second-order valence-electron chi connectivity index (χ2n) is 4.99.